The van der Waals surface area contributed by atoms with Gasteiger partial charge in [0.05, 0.1) is 8.07 Å². The lowest BCUT2D eigenvalue weighted by Gasteiger charge is -2.35. The maximum atomic E-state index is 12.4. The standard InChI is InChI=1S/C18H33NO4Si/c1-12-13(11-24(9,10)17(5,6)7)22-14(20)18(12,8)19-15(21)23-16(2,3)4/h11-12H,1-10H3,(H,19,21)/b13-11-/t12-,18+/m1/s1. The van der Waals surface area contributed by atoms with Gasteiger partial charge in [0.15, 0.2) is 0 Å². The van der Waals surface area contributed by atoms with Gasteiger partial charge in [0.1, 0.15) is 16.9 Å². The van der Waals surface area contributed by atoms with E-state index in [2.05, 4.69) is 44.9 Å². The minimum absolute atomic E-state index is 0.143. The molecule has 24 heavy (non-hydrogen) atoms. The third-order valence-corrected chi connectivity index (χ3v) is 10.00. The van der Waals surface area contributed by atoms with Crippen molar-refractivity contribution in [3.8, 4) is 0 Å². The molecule has 2 atom stereocenters. The summed E-state index contributed by atoms with van der Waals surface area (Å²) in [5.74, 6) is -0.0254. The third-order valence-electron chi connectivity index (χ3n) is 5.12. The van der Waals surface area contributed by atoms with Gasteiger partial charge in [-0.2, -0.15) is 0 Å². The molecule has 1 fully saturated rings. The van der Waals surface area contributed by atoms with Crippen LogP contribution in [-0.2, 0) is 14.3 Å². The smallest absolute Gasteiger partial charge is 0.408 e. The van der Waals surface area contributed by atoms with Crippen LogP contribution in [0.4, 0.5) is 4.79 Å². The Morgan fingerprint density at radius 3 is 2.17 bits per heavy atom. The Morgan fingerprint density at radius 2 is 1.75 bits per heavy atom. The summed E-state index contributed by atoms with van der Waals surface area (Å²) in [4.78, 5) is 24.5. The van der Waals surface area contributed by atoms with Crippen LogP contribution < -0.4 is 5.32 Å². The molecular weight excluding hydrogens is 322 g/mol. The van der Waals surface area contributed by atoms with Gasteiger partial charge in [0.25, 0.3) is 0 Å². The molecule has 0 aromatic rings. The van der Waals surface area contributed by atoms with Crippen molar-refractivity contribution >= 4 is 20.1 Å². The van der Waals surface area contributed by atoms with Gasteiger partial charge in [-0.3, -0.25) is 0 Å². The second kappa shape index (κ2) is 6.21. The zero-order valence-electron chi connectivity index (χ0n) is 16.8. The number of cyclic esters (lactones) is 1. The van der Waals surface area contributed by atoms with Gasteiger partial charge in [0.2, 0.25) is 0 Å². The number of esters is 1. The lowest BCUT2D eigenvalue weighted by atomic mass is 9.89. The molecule has 1 aliphatic rings. The van der Waals surface area contributed by atoms with E-state index >= 15 is 0 Å². The molecular formula is C18H33NO4Si. The highest BCUT2D eigenvalue weighted by Crippen LogP contribution is 2.41. The van der Waals surface area contributed by atoms with E-state index in [-0.39, 0.29) is 11.0 Å². The summed E-state index contributed by atoms with van der Waals surface area (Å²) in [6.07, 6.45) is -0.609. The molecule has 0 aliphatic carbocycles. The summed E-state index contributed by atoms with van der Waals surface area (Å²) in [6.45, 7) is 20.1. The first kappa shape index (κ1) is 20.7. The number of rotatable bonds is 2. The molecule has 1 amide bonds. The molecule has 1 saturated heterocycles. The van der Waals surface area contributed by atoms with Crippen LogP contribution in [0.25, 0.3) is 0 Å². The van der Waals surface area contributed by atoms with Crippen LogP contribution in [0, 0.1) is 5.92 Å². The SMILES string of the molecule is C[C@@H]1/C(=C/[Si](C)(C)C(C)(C)C)OC(=O)[C@@]1(C)NC(=O)OC(C)(C)C. The van der Waals surface area contributed by atoms with Crippen molar-refractivity contribution in [3.63, 3.8) is 0 Å². The van der Waals surface area contributed by atoms with Gasteiger partial charge in [0, 0.05) is 5.92 Å². The average molecular weight is 356 g/mol. The highest BCUT2D eigenvalue weighted by atomic mass is 28.3. The van der Waals surface area contributed by atoms with Gasteiger partial charge in [-0.15, -0.1) is 0 Å². The van der Waals surface area contributed by atoms with Crippen LogP contribution in [0.3, 0.4) is 0 Å². The molecule has 5 nitrogen and oxygen atoms in total. The Hall–Kier alpha value is -1.30. The van der Waals surface area contributed by atoms with Crippen molar-refractivity contribution in [1.82, 2.24) is 5.32 Å². The predicted octanol–water partition coefficient (Wildman–Crippen LogP) is 4.39. The fourth-order valence-electron chi connectivity index (χ4n) is 2.16. The van der Waals surface area contributed by atoms with E-state index in [1.807, 2.05) is 6.92 Å². The fraction of sp³-hybridized carbons (Fsp3) is 0.778. The lowest BCUT2D eigenvalue weighted by Crippen LogP contribution is -2.54. The first-order chi connectivity index (χ1) is 10.5. The van der Waals surface area contributed by atoms with Crippen molar-refractivity contribution in [3.05, 3.63) is 11.5 Å². The molecule has 1 rings (SSSR count). The van der Waals surface area contributed by atoms with E-state index < -0.39 is 31.3 Å². The van der Waals surface area contributed by atoms with E-state index in [0.717, 1.165) is 0 Å². The maximum absolute atomic E-state index is 12.4. The first-order valence-electron chi connectivity index (χ1n) is 8.46. The minimum atomic E-state index is -1.77. The van der Waals surface area contributed by atoms with Gasteiger partial charge in [-0.05, 0) is 32.7 Å². The molecule has 0 aromatic heterocycles. The Kier molecular flexibility index (Phi) is 5.36. The molecule has 0 spiro atoms. The van der Waals surface area contributed by atoms with Crippen molar-refractivity contribution in [1.29, 1.82) is 0 Å². The first-order valence-corrected chi connectivity index (χ1v) is 11.5. The van der Waals surface area contributed by atoms with Crippen molar-refractivity contribution < 1.29 is 19.1 Å². The van der Waals surface area contributed by atoms with E-state index in [4.69, 9.17) is 9.47 Å². The number of hydrogen-bond donors (Lipinski definition) is 1. The second-order valence-corrected chi connectivity index (χ2v) is 14.7. The van der Waals surface area contributed by atoms with Crippen molar-refractivity contribution in [2.75, 3.05) is 0 Å². The second-order valence-electron chi connectivity index (χ2n) is 9.46. The minimum Gasteiger partial charge on any atom is -0.444 e. The molecule has 0 radical (unpaired) electrons. The molecule has 1 aliphatic heterocycles. The average Bonchev–Trinajstić information content (AvgIpc) is 2.49. The van der Waals surface area contributed by atoms with E-state index in [1.165, 1.54) is 0 Å². The number of carbonyl (C=O) groups is 2. The lowest BCUT2D eigenvalue weighted by molar-refractivity contribution is -0.141. The normalized spacial score (nSPS) is 27.2. The molecule has 1 N–H and O–H groups in total. The van der Waals surface area contributed by atoms with Crippen LogP contribution in [0.5, 0.6) is 0 Å². The number of alkyl carbamates (subject to hydrolysis) is 1. The molecule has 0 bridgehead atoms. The number of ether oxygens (including phenoxy) is 2. The fourth-order valence-corrected chi connectivity index (χ4v) is 3.62. The third kappa shape index (κ3) is 4.40. The topological polar surface area (TPSA) is 64.6 Å². The van der Waals surface area contributed by atoms with Gasteiger partial charge < -0.3 is 14.8 Å². The van der Waals surface area contributed by atoms with Gasteiger partial charge in [-0.1, -0.05) is 46.5 Å². The quantitative estimate of drug-likeness (QED) is 0.589. The number of nitrogens with one attached hydrogen (secondary N) is 1. The Bertz CT molecular complexity index is 554. The highest BCUT2D eigenvalue weighted by molar-refractivity contribution is 6.84. The van der Waals surface area contributed by atoms with E-state index in [1.54, 1.807) is 27.7 Å². The Balaban J connectivity index is 3.05. The molecule has 138 valence electrons. The van der Waals surface area contributed by atoms with Gasteiger partial charge >= 0.3 is 12.1 Å². The molecule has 6 heteroatoms. The summed E-state index contributed by atoms with van der Waals surface area (Å²) < 4.78 is 10.8. The zero-order chi connectivity index (χ0) is 19.1. The Labute approximate surface area is 147 Å². The highest BCUT2D eigenvalue weighted by Gasteiger charge is 2.52. The van der Waals surface area contributed by atoms with Crippen LogP contribution in [0.15, 0.2) is 11.5 Å². The molecule has 1 heterocycles. The predicted molar refractivity (Wildman–Crippen MR) is 98.3 cm³/mol. The van der Waals surface area contributed by atoms with Gasteiger partial charge in [-0.25, -0.2) is 9.59 Å². The number of amides is 1. The Morgan fingerprint density at radius 1 is 1.25 bits per heavy atom. The maximum Gasteiger partial charge on any atom is 0.408 e. The van der Waals surface area contributed by atoms with Crippen LogP contribution >= 0.6 is 0 Å². The largest absolute Gasteiger partial charge is 0.444 e. The number of carbonyl (C=O) groups excluding carboxylic acids is 2. The van der Waals surface area contributed by atoms with Crippen molar-refractivity contribution in [2.24, 2.45) is 5.92 Å². The van der Waals surface area contributed by atoms with E-state index in [0.29, 0.717) is 5.76 Å². The zero-order valence-corrected chi connectivity index (χ0v) is 17.8. The number of hydrogen-bond acceptors (Lipinski definition) is 4. The van der Waals surface area contributed by atoms with Crippen LogP contribution in [0.2, 0.25) is 18.1 Å². The van der Waals surface area contributed by atoms with E-state index in [9.17, 15) is 9.59 Å². The summed E-state index contributed by atoms with van der Waals surface area (Å²) in [7, 11) is -1.77. The molecule has 0 saturated carbocycles. The molecule has 0 unspecified atom stereocenters. The summed E-state index contributed by atoms with van der Waals surface area (Å²) in [6, 6.07) is 0. The summed E-state index contributed by atoms with van der Waals surface area (Å²) in [5.41, 5.74) is 0.403. The van der Waals surface area contributed by atoms with Crippen LogP contribution in [-0.4, -0.2) is 31.3 Å². The van der Waals surface area contributed by atoms with Crippen molar-refractivity contribution in [2.45, 2.75) is 84.7 Å². The van der Waals surface area contributed by atoms with Crippen LogP contribution in [0.1, 0.15) is 55.4 Å². The summed E-state index contributed by atoms with van der Waals surface area (Å²) >= 11 is 0. The molecule has 0 aromatic carbocycles. The summed E-state index contributed by atoms with van der Waals surface area (Å²) in [5, 5.41) is 2.85. The monoisotopic (exact) mass is 355 g/mol.